The number of nitrogens with zero attached hydrogens (tertiary/aromatic N) is 1. The van der Waals surface area contributed by atoms with Gasteiger partial charge in [-0.15, -0.1) is 0 Å². The van der Waals surface area contributed by atoms with E-state index in [1.807, 2.05) is 0 Å². The molecule has 0 rings (SSSR count). The first-order valence-electron chi connectivity index (χ1n) is 13.2. The predicted octanol–water partition coefficient (Wildman–Crippen LogP) is 5.95. The number of carbonyl (C=O) groups is 1. The summed E-state index contributed by atoms with van der Waals surface area (Å²) in [6.45, 7) is 5.76. The topological polar surface area (TPSA) is 116 Å². The van der Waals surface area contributed by atoms with E-state index in [1.165, 1.54) is 96.4 Å². The summed E-state index contributed by atoms with van der Waals surface area (Å²) in [5, 5.41) is 8.35. The highest BCUT2D eigenvalue weighted by Crippen LogP contribution is 2.13. The molecule has 0 atom stereocenters. The second-order valence-electron chi connectivity index (χ2n) is 9.82. The molecule has 0 fully saturated rings. The molecule has 0 unspecified atom stereocenters. The molecule has 0 aromatic heterocycles. The molecule has 0 heterocycles. The molecule has 1 amide bonds. The molecule has 0 saturated carbocycles. The van der Waals surface area contributed by atoms with Gasteiger partial charge in [0.25, 0.3) is 0 Å². The van der Waals surface area contributed by atoms with Crippen LogP contribution in [0.25, 0.3) is 0 Å². The van der Waals surface area contributed by atoms with Crippen molar-refractivity contribution in [3.63, 3.8) is 0 Å². The van der Waals surface area contributed by atoms with Crippen LogP contribution in [-0.4, -0.2) is 63.4 Å². The van der Waals surface area contributed by atoms with E-state index in [0.717, 1.165) is 24.4 Å². The molecule has 0 aromatic carbocycles. The summed E-state index contributed by atoms with van der Waals surface area (Å²) in [6, 6.07) is 0. The monoisotopic (exact) mass is 512 g/mol. The second-order valence-corrected chi connectivity index (χ2v) is 11.0. The number of hydroxylamine groups is 1. The van der Waals surface area contributed by atoms with Crippen LogP contribution in [-0.2, 0) is 19.4 Å². The quantitative estimate of drug-likeness (QED) is 0.0552. The highest BCUT2D eigenvalue weighted by molar-refractivity contribution is 7.80. The van der Waals surface area contributed by atoms with Crippen LogP contribution in [0.15, 0.2) is 0 Å². The van der Waals surface area contributed by atoms with Crippen LogP contribution < -0.4 is 5.48 Å². The van der Waals surface area contributed by atoms with Crippen LogP contribution in [0.3, 0.4) is 0 Å². The Kier molecular flexibility index (Phi) is 29.9. The number of amides is 1. The minimum atomic E-state index is -4.41. The van der Waals surface area contributed by atoms with Crippen LogP contribution in [0.5, 0.6) is 0 Å². The van der Waals surface area contributed by atoms with E-state index in [2.05, 4.69) is 39.2 Å². The predicted molar refractivity (Wildman–Crippen MR) is 139 cm³/mol. The van der Waals surface area contributed by atoms with E-state index in [9.17, 15) is 17.8 Å². The molecule has 0 saturated heterocycles. The summed E-state index contributed by atoms with van der Waals surface area (Å²) in [6.07, 6.45) is 21.6. The van der Waals surface area contributed by atoms with Crippen molar-refractivity contribution in [1.29, 1.82) is 0 Å². The fourth-order valence-corrected chi connectivity index (χ4v) is 3.38. The SMILES string of the molecule is CCCCCCCCCCCCCCCCCC(=O)NO.CCC[N+](C)(C)C.COS(=O)(=O)[O-]. The Morgan fingerprint density at radius 3 is 1.29 bits per heavy atom. The number of hydrogen-bond donors (Lipinski definition) is 2. The third-order valence-corrected chi connectivity index (χ3v) is 5.64. The lowest BCUT2D eigenvalue weighted by Gasteiger charge is -2.22. The van der Waals surface area contributed by atoms with Gasteiger partial charge in [-0.05, 0) is 12.8 Å². The summed E-state index contributed by atoms with van der Waals surface area (Å²) < 4.78 is 32.1. The van der Waals surface area contributed by atoms with Crippen LogP contribution in [0.4, 0.5) is 0 Å². The van der Waals surface area contributed by atoms with Gasteiger partial charge >= 0.3 is 0 Å². The lowest BCUT2D eigenvalue weighted by Crippen LogP contribution is -2.34. The first kappa shape index (κ1) is 37.8. The van der Waals surface area contributed by atoms with Gasteiger partial charge in [0.05, 0.1) is 34.8 Å². The maximum absolute atomic E-state index is 10.8. The summed E-state index contributed by atoms with van der Waals surface area (Å²) in [7, 11) is 3.03. The summed E-state index contributed by atoms with van der Waals surface area (Å²) in [5.41, 5.74) is 1.68. The van der Waals surface area contributed by atoms with Crippen molar-refractivity contribution >= 4 is 16.3 Å². The minimum absolute atomic E-state index is 0.260. The highest BCUT2D eigenvalue weighted by atomic mass is 32.3. The molecule has 0 aromatic rings. The van der Waals surface area contributed by atoms with Gasteiger partial charge in [0.2, 0.25) is 16.3 Å². The van der Waals surface area contributed by atoms with Gasteiger partial charge in [-0.2, -0.15) is 0 Å². The fourth-order valence-electron chi connectivity index (χ4n) is 3.38. The van der Waals surface area contributed by atoms with Crippen molar-refractivity contribution in [2.75, 3.05) is 34.8 Å². The molecule has 0 radical (unpaired) electrons. The largest absolute Gasteiger partial charge is 0.726 e. The normalized spacial score (nSPS) is 11.2. The van der Waals surface area contributed by atoms with E-state index in [4.69, 9.17) is 5.21 Å². The van der Waals surface area contributed by atoms with E-state index >= 15 is 0 Å². The Bertz CT molecular complexity index is 522. The van der Waals surface area contributed by atoms with E-state index in [0.29, 0.717) is 6.42 Å². The highest BCUT2D eigenvalue weighted by Gasteiger charge is 2.01. The Hall–Kier alpha value is -0.740. The third-order valence-electron chi connectivity index (χ3n) is 5.23. The molecule has 0 bridgehead atoms. The smallest absolute Gasteiger partial charge is 0.243 e. The van der Waals surface area contributed by atoms with Crippen LogP contribution in [0.1, 0.15) is 123 Å². The number of unbranched alkanes of at least 4 members (excludes halogenated alkanes) is 14. The molecular weight excluding hydrogens is 456 g/mol. The number of hydrogen-bond acceptors (Lipinski definition) is 6. The Morgan fingerprint density at radius 2 is 1.09 bits per heavy atom. The van der Waals surface area contributed by atoms with Crippen LogP contribution in [0, 0.1) is 0 Å². The number of carbonyl (C=O) groups excluding carboxylic acids is 1. The summed E-state index contributed by atoms with van der Waals surface area (Å²) in [4.78, 5) is 10.8. The lowest BCUT2D eigenvalue weighted by molar-refractivity contribution is -0.870. The third kappa shape index (κ3) is 44.9. The van der Waals surface area contributed by atoms with Gasteiger partial charge in [0, 0.05) is 6.42 Å². The first-order valence-corrected chi connectivity index (χ1v) is 14.5. The number of rotatable bonds is 19. The molecule has 34 heavy (non-hydrogen) atoms. The number of nitrogens with one attached hydrogen (secondary N) is 1. The molecule has 8 nitrogen and oxygen atoms in total. The zero-order valence-electron chi connectivity index (χ0n) is 23.1. The van der Waals surface area contributed by atoms with Gasteiger partial charge in [-0.1, -0.05) is 104 Å². The average molecular weight is 513 g/mol. The van der Waals surface area contributed by atoms with E-state index < -0.39 is 10.4 Å². The molecule has 208 valence electrons. The van der Waals surface area contributed by atoms with Crippen LogP contribution in [0.2, 0.25) is 0 Å². The van der Waals surface area contributed by atoms with Crippen molar-refractivity contribution in [2.24, 2.45) is 0 Å². The molecule has 0 spiro atoms. The molecule has 2 N–H and O–H groups in total. The fraction of sp³-hybridized carbons (Fsp3) is 0.960. The molecule has 0 aliphatic heterocycles. The van der Waals surface area contributed by atoms with Gasteiger partial charge in [0.15, 0.2) is 0 Å². The Balaban J connectivity index is -0.000000601. The van der Waals surface area contributed by atoms with Crippen LogP contribution >= 0.6 is 0 Å². The standard InChI is InChI=1S/C18H37NO2.C6H16N.CH4O4S/c1-2-3-4-5-6-7-8-9-10-11-12-13-14-15-16-17-18(20)19-21;1-5-6-7(2,3)4;1-5-6(2,3)4/h21H,2-17H2,1H3,(H,19,20);5-6H2,1-4H3;1H3,(H,2,3,4)/q;+1;/p-1. The lowest BCUT2D eigenvalue weighted by atomic mass is 10.0. The second kappa shape index (κ2) is 26.9. The van der Waals surface area contributed by atoms with Gasteiger partial charge in [0.1, 0.15) is 0 Å². The molecular formula is C25H56N2O6S. The van der Waals surface area contributed by atoms with Crippen molar-refractivity contribution in [2.45, 2.75) is 123 Å². The maximum atomic E-state index is 10.8. The summed E-state index contributed by atoms with van der Waals surface area (Å²) >= 11 is 0. The van der Waals surface area contributed by atoms with Crippen molar-refractivity contribution in [3.8, 4) is 0 Å². The van der Waals surface area contributed by atoms with Gasteiger partial charge in [-0.25, -0.2) is 13.9 Å². The van der Waals surface area contributed by atoms with Gasteiger partial charge < -0.3 is 9.04 Å². The van der Waals surface area contributed by atoms with Crippen molar-refractivity contribution in [1.82, 2.24) is 5.48 Å². The zero-order chi connectivity index (χ0) is 26.7. The minimum Gasteiger partial charge on any atom is -0.726 e. The maximum Gasteiger partial charge on any atom is 0.243 e. The van der Waals surface area contributed by atoms with Crippen molar-refractivity contribution < 1.29 is 31.6 Å². The van der Waals surface area contributed by atoms with E-state index in [1.54, 1.807) is 5.48 Å². The average Bonchev–Trinajstić information content (AvgIpc) is 2.75. The van der Waals surface area contributed by atoms with Crippen molar-refractivity contribution in [3.05, 3.63) is 0 Å². The Morgan fingerprint density at radius 1 is 0.765 bits per heavy atom. The first-order chi connectivity index (χ1) is 15.9. The van der Waals surface area contributed by atoms with E-state index in [-0.39, 0.29) is 5.91 Å². The Labute approximate surface area is 211 Å². The zero-order valence-corrected chi connectivity index (χ0v) is 23.9. The summed E-state index contributed by atoms with van der Waals surface area (Å²) in [5.74, 6) is -0.260. The van der Waals surface area contributed by atoms with Gasteiger partial charge in [-0.3, -0.25) is 14.2 Å². The molecule has 9 heteroatoms. The number of quaternary nitrogens is 1. The molecule has 0 aliphatic carbocycles. The molecule has 0 aliphatic rings.